The number of carboxylic acids is 1. The van der Waals surface area contributed by atoms with E-state index in [0.29, 0.717) is 6.54 Å². The van der Waals surface area contributed by atoms with Crippen molar-refractivity contribution >= 4 is 12.0 Å². The first-order valence-corrected chi connectivity index (χ1v) is 6.08. The molecule has 0 radical (unpaired) electrons. The molecule has 0 unspecified atom stereocenters. The summed E-state index contributed by atoms with van der Waals surface area (Å²) >= 11 is 0. The molecule has 0 aliphatic carbocycles. The van der Waals surface area contributed by atoms with E-state index in [0.717, 1.165) is 22.8 Å². The van der Waals surface area contributed by atoms with Crippen LogP contribution in [0.1, 0.15) is 16.7 Å². The first-order valence-electron chi connectivity index (χ1n) is 6.08. The maximum atomic E-state index is 11.7. The highest BCUT2D eigenvalue weighted by Crippen LogP contribution is 2.07. The SMILES string of the molecule is Cc1cnn(Cc2ccc(/C=C/C(=O)O)cc2)c(=O)c1. The fraction of sp³-hybridized carbons (Fsp3) is 0.133. The second-order valence-electron chi connectivity index (χ2n) is 4.44. The third kappa shape index (κ3) is 3.65. The molecule has 20 heavy (non-hydrogen) atoms. The molecular formula is C15H14N2O3. The molecular weight excluding hydrogens is 256 g/mol. The molecule has 1 heterocycles. The molecule has 0 aliphatic heterocycles. The van der Waals surface area contributed by atoms with Gasteiger partial charge in [0.25, 0.3) is 5.56 Å². The van der Waals surface area contributed by atoms with Crippen LogP contribution in [0.2, 0.25) is 0 Å². The molecule has 102 valence electrons. The van der Waals surface area contributed by atoms with Gasteiger partial charge in [0.15, 0.2) is 0 Å². The van der Waals surface area contributed by atoms with Gasteiger partial charge in [0.1, 0.15) is 0 Å². The van der Waals surface area contributed by atoms with Crippen LogP contribution in [-0.4, -0.2) is 20.9 Å². The van der Waals surface area contributed by atoms with Gasteiger partial charge >= 0.3 is 5.97 Å². The minimum atomic E-state index is -0.982. The second kappa shape index (κ2) is 5.97. The lowest BCUT2D eigenvalue weighted by molar-refractivity contribution is -0.131. The number of nitrogens with zero attached hydrogens (tertiary/aromatic N) is 2. The summed E-state index contributed by atoms with van der Waals surface area (Å²) in [5.41, 5.74) is 2.41. The Labute approximate surface area is 115 Å². The van der Waals surface area contributed by atoms with E-state index in [-0.39, 0.29) is 5.56 Å². The molecule has 0 bridgehead atoms. The van der Waals surface area contributed by atoms with Crippen LogP contribution in [0, 0.1) is 6.92 Å². The van der Waals surface area contributed by atoms with Crippen molar-refractivity contribution in [3.8, 4) is 0 Å². The highest BCUT2D eigenvalue weighted by atomic mass is 16.4. The van der Waals surface area contributed by atoms with Crippen molar-refractivity contribution in [1.29, 1.82) is 0 Å². The van der Waals surface area contributed by atoms with Gasteiger partial charge in [0, 0.05) is 12.1 Å². The standard InChI is InChI=1S/C15H14N2O3/c1-11-8-14(18)17(16-9-11)10-13-4-2-12(3-5-13)6-7-15(19)20/h2-9H,10H2,1H3,(H,19,20)/b7-6+. The number of aromatic nitrogens is 2. The van der Waals surface area contributed by atoms with E-state index >= 15 is 0 Å². The van der Waals surface area contributed by atoms with Gasteiger partial charge in [-0.25, -0.2) is 9.48 Å². The quantitative estimate of drug-likeness (QED) is 0.858. The van der Waals surface area contributed by atoms with E-state index in [1.807, 2.05) is 19.1 Å². The van der Waals surface area contributed by atoms with E-state index in [1.165, 1.54) is 16.8 Å². The maximum absolute atomic E-state index is 11.7. The van der Waals surface area contributed by atoms with Crippen LogP contribution in [0.4, 0.5) is 0 Å². The monoisotopic (exact) mass is 270 g/mol. The van der Waals surface area contributed by atoms with Crippen LogP contribution in [0.5, 0.6) is 0 Å². The third-order valence-corrected chi connectivity index (χ3v) is 2.74. The summed E-state index contributed by atoms with van der Waals surface area (Å²) in [6.07, 6.45) is 4.24. The molecule has 1 aromatic heterocycles. The molecule has 0 amide bonds. The molecule has 5 nitrogen and oxygen atoms in total. The summed E-state index contributed by atoms with van der Waals surface area (Å²) in [6, 6.07) is 8.82. The Kier molecular flexibility index (Phi) is 4.10. The Morgan fingerprint density at radius 1 is 1.35 bits per heavy atom. The smallest absolute Gasteiger partial charge is 0.328 e. The molecule has 0 aliphatic rings. The molecule has 0 atom stereocenters. The van der Waals surface area contributed by atoms with Crippen LogP contribution in [-0.2, 0) is 11.3 Å². The lowest BCUT2D eigenvalue weighted by Crippen LogP contribution is -2.22. The van der Waals surface area contributed by atoms with Gasteiger partial charge in [0.05, 0.1) is 12.7 Å². The number of carbonyl (C=O) groups is 1. The zero-order valence-electron chi connectivity index (χ0n) is 11.0. The molecule has 5 heteroatoms. The molecule has 0 saturated carbocycles. The Morgan fingerprint density at radius 3 is 2.65 bits per heavy atom. The first kappa shape index (κ1) is 13.7. The fourth-order valence-corrected chi connectivity index (χ4v) is 1.72. The number of rotatable bonds is 4. The van der Waals surface area contributed by atoms with Gasteiger partial charge in [-0.1, -0.05) is 24.3 Å². The van der Waals surface area contributed by atoms with Crippen molar-refractivity contribution in [3.63, 3.8) is 0 Å². The van der Waals surface area contributed by atoms with E-state index in [9.17, 15) is 9.59 Å². The van der Waals surface area contributed by atoms with E-state index in [2.05, 4.69) is 5.10 Å². The number of benzene rings is 1. The van der Waals surface area contributed by atoms with Gasteiger partial charge in [-0.3, -0.25) is 4.79 Å². The number of aliphatic carboxylic acids is 1. The highest BCUT2D eigenvalue weighted by molar-refractivity contribution is 5.85. The molecule has 1 aromatic carbocycles. The van der Waals surface area contributed by atoms with Crippen molar-refractivity contribution in [2.45, 2.75) is 13.5 Å². The van der Waals surface area contributed by atoms with E-state index in [1.54, 1.807) is 18.3 Å². The van der Waals surface area contributed by atoms with Gasteiger partial charge in [-0.15, -0.1) is 0 Å². The topological polar surface area (TPSA) is 72.2 Å². The average molecular weight is 270 g/mol. The average Bonchev–Trinajstić information content (AvgIpc) is 2.41. The summed E-state index contributed by atoms with van der Waals surface area (Å²) < 4.78 is 1.38. The molecule has 2 aromatic rings. The van der Waals surface area contributed by atoms with Crippen LogP contribution in [0.25, 0.3) is 6.08 Å². The number of hydrogen-bond acceptors (Lipinski definition) is 3. The van der Waals surface area contributed by atoms with Gasteiger partial charge in [0.2, 0.25) is 0 Å². The lowest BCUT2D eigenvalue weighted by Gasteiger charge is -2.05. The van der Waals surface area contributed by atoms with Crippen molar-refractivity contribution < 1.29 is 9.90 Å². The molecule has 0 fully saturated rings. The summed E-state index contributed by atoms with van der Waals surface area (Å²) in [5.74, 6) is -0.982. The van der Waals surface area contributed by atoms with Gasteiger partial charge in [-0.05, 0) is 29.7 Å². The second-order valence-corrected chi connectivity index (χ2v) is 4.44. The van der Waals surface area contributed by atoms with Crippen molar-refractivity contribution in [1.82, 2.24) is 9.78 Å². The Bertz CT molecular complexity index is 700. The molecule has 0 saturated heterocycles. The van der Waals surface area contributed by atoms with Gasteiger partial charge < -0.3 is 5.11 Å². The summed E-state index contributed by atoms with van der Waals surface area (Å²) in [4.78, 5) is 22.1. The number of hydrogen-bond donors (Lipinski definition) is 1. The zero-order chi connectivity index (χ0) is 14.5. The predicted molar refractivity (Wildman–Crippen MR) is 75.4 cm³/mol. The molecule has 0 spiro atoms. The molecule has 1 N–H and O–H groups in total. The summed E-state index contributed by atoms with van der Waals surface area (Å²) in [5, 5.41) is 12.6. The Balaban J connectivity index is 2.14. The van der Waals surface area contributed by atoms with Crippen LogP contribution in [0.15, 0.2) is 47.4 Å². The Hall–Kier alpha value is -2.69. The van der Waals surface area contributed by atoms with Crippen LogP contribution < -0.4 is 5.56 Å². The normalized spacial score (nSPS) is 10.8. The van der Waals surface area contributed by atoms with Crippen molar-refractivity contribution in [2.75, 3.05) is 0 Å². The fourth-order valence-electron chi connectivity index (χ4n) is 1.72. The zero-order valence-corrected chi connectivity index (χ0v) is 11.0. The third-order valence-electron chi connectivity index (χ3n) is 2.74. The lowest BCUT2D eigenvalue weighted by atomic mass is 10.1. The number of carboxylic acid groups (broad SMARTS) is 1. The number of aryl methyl sites for hydroxylation is 1. The minimum Gasteiger partial charge on any atom is -0.478 e. The van der Waals surface area contributed by atoms with Crippen LogP contribution in [0.3, 0.4) is 0 Å². The minimum absolute atomic E-state index is 0.139. The van der Waals surface area contributed by atoms with E-state index < -0.39 is 5.97 Å². The van der Waals surface area contributed by atoms with Crippen LogP contribution >= 0.6 is 0 Å². The van der Waals surface area contributed by atoms with Crippen molar-refractivity contribution in [2.24, 2.45) is 0 Å². The van der Waals surface area contributed by atoms with Crippen molar-refractivity contribution in [3.05, 3.63) is 69.6 Å². The molecule has 2 rings (SSSR count). The largest absolute Gasteiger partial charge is 0.478 e. The Morgan fingerprint density at radius 2 is 2.05 bits per heavy atom. The van der Waals surface area contributed by atoms with E-state index in [4.69, 9.17) is 5.11 Å². The summed E-state index contributed by atoms with van der Waals surface area (Å²) in [6.45, 7) is 2.21. The van der Waals surface area contributed by atoms with Gasteiger partial charge in [-0.2, -0.15) is 5.10 Å². The first-order chi connectivity index (χ1) is 9.54. The maximum Gasteiger partial charge on any atom is 0.328 e. The highest BCUT2D eigenvalue weighted by Gasteiger charge is 2.00. The predicted octanol–water partition coefficient (Wildman–Crippen LogP) is 1.70. The summed E-state index contributed by atoms with van der Waals surface area (Å²) in [7, 11) is 0.